The number of amides is 1. The van der Waals surface area contributed by atoms with Gasteiger partial charge in [-0.05, 0) is 24.5 Å². The molecular formula is C15H20N2O4. The highest BCUT2D eigenvalue weighted by atomic mass is 16.5. The lowest BCUT2D eigenvalue weighted by Gasteiger charge is -2.28. The molecule has 1 aromatic rings. The first-order chi connectivity index (χ1) is 9.92. The van der Waals surface area contributed by atoms with Crippen LogP contribution in [0.15, 0.2) is 18.3 Å². The number of likely N-dealkylation sites (tertiary alicyclic amines) is 1. The van der Waals surface area contributed by atoms with Crippen LogP contribution in [0, 0.1) is 11.3 Å². The van der Waals surface area contributed by atoms with Crippen LogP contribution in [0.4, 0.5) is 0 Å². The van der Waals surface area contributed by atoms with Gasteiger partial charge in [-0.25, -0.2) is 4.98 Å². The molecule has 0 aliphatic carbocycles. The van der Waals surface area contributed by atoms with Gasteiger partial charge < -0.3 is 14.7 Å². The zero-order valence-electron chi connectivity index (χ0n) is 12.5. The minimum Gasteiger partial charge on any atom is -0.481 e. The molecular weight excluding hydrogens is 272 g/mol. The maximum absolute atomic E-state index is 12.6. The zero-order chi connectivity index (χ0) is 15.6. The Labute approximate surface area is 123 Å². The molecule has 0 aromatic carbocycles. The summed E-state index contributed by atoms with van der Waals surface area (Å²) in [5.74, 6) is -0.849. The predicted molar refractivity (Wildman–Crippen MR) is 76.2 cm³/mol. The Morgan fingerprint density at radius 2 is 2.19 bits per heavy atom. The quantitative estimate of drug-likeness (QED) is 0.913. The average Bonchev–Trinajstić information content (AvgIpc) is 2.93. The highest BCUT2D eigenvalue weighted by Gasteiger charge is 2.48. The molecule has 1 atom stereocenters. The fourth-order valence-electron chi connectivity index (χ4n) is 2.79. The van der Waals surface area contributed by atoms with Gasteiger partial charge in [-0.2, -0.15) is 0 Å². The van der Waals surface area contributed by atoms with Gasteiger partial charge in [-0.1, -0.05) is 13.8 Å². The Hall–Kier alpha value is -2.11. The second-order valence-corrected chi connectivity index (χ2v) is 5.65. The smallest absolute Gasteiger partial charge is 0.311 e. The van der Waals surface area contributed by atoms with Gasteiger partial charge in [0.15, 0.2) is 0 Å². The Bertz CT molecular complexity index is 558. The SMILES string of the molecule is COc1ncccc1C(=O)N1CCC(C(=O)O)(C(C)C)C1. The summed E-state index contributed by atoms with van der Waals surface area (Å²) < 4.78 is 5.10. The summed E-state index contributed by atoms with van der Waals surface area (Å²) in [5, 5.41) is 9.53. The lowest BCUT2D eigenvalue weighted by Crippen LogP contribution is -2.40. The van der Waals surface area contributed by atoms with Crippen molar-refractivity contribution in [3.05, 3.63) is 23.9 Å². The minimum atomic E-state index is -0.870. The normalized spacial score (nSPS) is 21.6. The van der Waals surface area contributed by atoms with E-state index in [4.69, 9.17) is 4.74 Å². The first-order valence-electron chi connectivity index (χ1n) is 6.94. The highest BCUT2D eigenvalue weighted by Crippen LogP contribution is 2.39. The van der Waals surface area contributed by atoms with Crippen molar-refractivity contribution in [2.45, 2.75) is 20.3 Å². The molecule has 21 heavy (non-hydrogen) atoms. The molecule has 1 aliphatic rings. The van der Waals surface area contributed by atoms with E-state index in [2.05, 4.69) is 4.98 Å². The zero-order valence-corrected chi connectivity index (χ0v) is 12.5. The number of nitrogens with zero attached hydrogens (tertiary/aromatic N) is 2. The average molecular weight is 292 g/mol. The van der Waals surface area contributed by atoms with Crippen molar-refractivity contribution in [1.29, 1.82) is 0 Å². The maximum Gasteiger partial charge on any atom is 0.311 e. The maximum atomic E-state index is 12.6. The molecule has 0 saturated carbocycles. The third-order valence-electron chi connectivity index (χ3n) is 4.31. The van der Waals surface area contributed by atoms with Crippen LogP contribution in [-0.4, -0.2) is 47.1 Å². The van der Waals surface area contributed by atoms with E-state index in [0.29, 0.717) is 18.5 Å². The van der Waals surface area contributed by atoms with Crippen molar-refractivity contribution in [2.24, 2.45) is 11.3 Å². The van der Waals surface area contributed by atoms with E-state index in [0.717, 1.165) is 0 Å². The molecule has 1 saturated heterocycles. The van der Waals surface area contributed by atoms with Crippen molar-refractivity contribution in [1.82, 2.24) is 9.88 Å². The van der Waals surface area contributed by atoms with Gasteiger partial charge in [-0.3, -0.25) is 9.59 Å². The van der Waals surface area contributed by atoms with Crippen molar-refractivity contribution in [3.8, 4) is 5.88 Å². The molecule has 1 N–H and O–H groups in total. The number of hydrogen-bond donors (Lipinski definition) is 1. The predicted octanol–water partition coefficient (Wildman–Crippen LogP) is 1.66. The lowest BCUT2D eigenvalue weighted by molar-refractivity contribution is -0.150. The largest absolute Gasteiger partial charge is 0.481 e. The number of carboxylic acids is 1. The molecule has 114 valence electrons. The third-order valence-corrected chi connectivity index (χ3v) is 4.31. The van der Waals surface area contributed by atoms with Crippen LogP contribution in [0.2, 0.25) is 0 Å². The van der Waals surface area contributed by atoms with E-state index in [1.54, 1.807) is 23.2 Å². The number of carboxylic acid groups (broad SMARTS) is 1. The molecule has 0 bridgehead atoms. The van der Waals surface area contributed by atoms with Gasteiger partial charge >= 0.3 is 5.97 Å². The van der Waals surface area contributed by atoms with Crippen LogP contribution in [0.3, 0.4) is 0 Å². The summed E-state index contributed by atoms with van der Waals surface area (Å²) >= 11 is 0. The second-order valence-electron chi connectivity index (χ2n) is 5.65. The Morgan fingerprint density at radius 3 is 2.71 bits per heavy atom. The monoisotopic (exact) mass is 292 g/mol. The second kappa shape index (κ2) is 5.71. The molecule has 1 unspecified atom stereocenters. The van der Waals surface area contributed by atoms with Gasteiger partial charge in [0, 0.05) is 19.3 Å². The van der Waals surface area contributed by atoms with Crippen LogP contribution in [0.5, 0.6) is 5.88 Å². The number of aromatic nitrogens is 1. The fraction of sp³-hybridized carbons (Fsp3) is 0.533. The first-order valence-corrected chi connectivity index (χ1v) is 6.94. The van der Waals surface area contributed by atoms with Gasteiger partial charge in [-0.15, -0.1) is 0 Å². The van der Waals surface area contributed by atoms with Crippen molar-refractivity contribution < 1.29 is 19.4 Å². The molecule has 1 fully saturated rings. The molecule has 1 aliphatic heterocycles. The summed E-state index contributed by atoms with van der Waals surface area (Å²) in [6.45, 7) is 4.41. The minimum absolute atomic E-state index is 0.0383. The van der Waals surface area contributed by atoms with E-state index >= 15 is 0 Å². The summed E-state index contributed by atoms with van der Waals surface area (Å²) in [6, 6.07) is 3.31. The standard InChI is InChI=1S/C15H20N2O4/c1-10(2)15(14(19)20)6-8-17(9-15)13(18)11-5-4-7-16-12(11)21-3/h4-5,7,10H,6,8-9H2,1-3H3,(H,19,20). The van der Waals surface area contributed by atoms with Crippen LogP contribution in [0.25, 0.3) is 0 Å². The molecule has 2 rings (SSSR count). The molecule has 6 nitrogen and oxygen atoms in total. The number of methoxy groups -OCH3 is 1. The van der Waals surface area contributed by atoms with E-state index in [-0.39, 0.29) is 24.2 Å². The van der Waals surface area contributed by atoms with Gasteiger partial charge in [0.2, 0.25) is 5.88 Å². The first kappa shape index (κ1) is 15.3. The van der Waals surface area contributed by atoms with Crippen molar-refractivity contribution in [2.75, 3.05) is 20.2 Å². The topological polar surface area (TPSA) is 79.7 Å². The molecule has 1 aromatic heterocycles. The summed E-state index contributed by atoms with van der Waals surface area (Å²) in [7, 11) is 1.46. The number of carbonyl (C=O) groups is 2. The van der Waals surface area contributed by atoms with Crippen molar-refractivity contribution >= 4 is 11.9 Å². The number of pyridine rings is 1. The number of hydrogen-bond acceptors (Lipinski definition) is 4. The van der Waals surface area contributed by atoms with Gasteiger partial charge in [0.25, 0.3) is 5.91 Å². The van der Waals surface area contributed by atoms with Crippen molar-refractivity contribution in [3.63, 3.8) is 0 Å². The lowest BCUT2D eigenvalue weighted by atomic mass is 9.76. The van der Waals surface area contributed by atoms with E-state index in [9.17, 15) is 14.7 Å². The molecule has 0 spiro atoms. The number of ether oxygens (including phenoxy) is 1. The van der Waals surface area contributed by atoms with Crippen LogP contribution in [0.1, 0.15) is 30.6 Å². The van der Waals surface area contributed by atoms with Crippen LogP contribution < -0.4 is 4.74 Å². The molecule has 0 radical (unpaired) electrons. The van der Waals surface area contributed by atoms with Gasteiger partial charge in [0.1, 0.15) is 5.56 Å². The summed E-state index contributed by atoms with van der Waals surface area (Å²) in [5.41, 5.74) is -0.504. The Balaban J connectivity index is 2.25. The Morgan fingerprint density at radius 1 is 1.48 bits per heavy atom. The van der Waals surface area contributed by atoms with E-state index < -0.39 is 11.4 Å². The van der Waals surface area contributed by atoms with E-state index in [1.165, 1.54) is 7.11 Å². The van der Waals surface area contributed by atoms with Crippen LogP contribution in [-0.2, 0) is 4.79 Å². The molecule has 6 heteroatoms. The van der Waals surface area contributed by atoms with Crippen LogP contribution >= 0.6 is 0 Å². The molecule has 1 amide bonds. The number of rotatable bonds is 4. The van der Waals surface area contributed by atoms with E-state index in [1.807, 2.05) is 13.8 Å². The summed E-state index contributed by atoms with van der Waals surface area (Å²) in [6.07, 6.45) is 2.02. The number of aliphatic carboxylic acids is 1. The summed E-state index contributed by atoms with van der Waals surface area (Å²) in [4.78, 5) is 29.8. The third kappa shape index (κ3) is 2.57. The number of carbonyl (C=O) groups excluding carboxylic acids is 1. The molecule has 2 heterocycles. The highest BCUT2D eigenvalue weighted by molar-refractivity contribution is 5.97. The fourth-order valence-corrected chi connectivity index (χ4v) is 2.79. The van der Waals surface area contributed by atoms with Gasteiger partial charge in [0.05, 0.1) is 12.5 Å². The Kier molecular flexibility index (Phi) is 4.16.